The van der Waals surface area contributed by atoms with Crippen molar-refractivity contribution < 1.29 is 9.13 Å². The Morgan fingerprint density at radius 2 is 2.07 bits per heavy atom. The number of para-hydroxylation sites is 1. The minimum atomic E-state index is -0.143. The number of benzene rings is 2. The average molecular weight is 405 g/mol. The fraction of sp³-hybridized carbons (Fsp3) is 0.462. The van der Waals surface area contributed by atoms with Crippen molar-refractivity contribution in [2.75, 3.05) is 26.7 Å². The normalized spacial score (nSPS) is 26.4. The van der Waals surface area contributed by atoms with Crippen molar-refractivity contribution in [2.24, 2.45) is 11.8 Å². The van der Waals surface area contributed by atoms with Crippen LogP contribution in [0.1, 0.15) is 36.1 Å². The summed E-state index contributed by atoms with van der Waals surface area (Å²) >= 11 is 0. The highest BCUT2D eigenvalue weighted by atomic mass is 19.1. The van der Waals surface area contributed by atoms with Gasteiger partial charge in [-0.25, -0.2) is 4.39 Å². The number of methoxy groups -OCH3 is 1. The van der Waals surface area contributed by atoms with Gasteiger partial charge in [0.15, 0.2) is 0 Å². The van der Waals surface area contributed by atoms with Gasteiger partial charge in [0.2, 0.25) is 0 Å². The van der Waals surface area contributed by atoms with E-state index in [9.17, 15) is 4.39 Å². The first-order valence-electron chi connectivity index (χ1n) is 11.3. The van der Waals surface area contributed by atoms with Gasteiger partial charge in [-0.1, -0.05) is 24.3 Å². The van der Waals surface area contributed by atoms with Crippen LogP contribution >= 0.6 is 0 Å². The number of aromatic amines is 1. The van der Waals surface area contributed by atoms with Crippen molar-refractivity contribution in [2.45, 2.75) is 37.5 Å². The molecule has 1 saturated carbocycles. The van der Waals surface area contributed by atoms with E-state index in [1.54, 1.807) is 13.2 Å². The van der Waals surface area contributed by atoms with Gasteiger partial charge >= 0.3 is 0 Å². The van der Waals surface area contributed by atoms with Crippen LogP contribution in [0.25, 0.3) is 10.9 Å². The molecular weight excluding hydrogens is 375 g/mol. The van der Waals surface area contributed by atoms with Gasteiger partial charge in [-0.3, -0.25) is 0 Å². The summed E-state index contributed by atoms with van der Waals surface area (Å²) in [7, 11) is 1.74. The number of nitrogens with zero attached hydrogens (tertiary/aromatic N) is 1. The zero-order chi connectivity index (χ0) is 20.3. The predicted molar refractivity (Wildman–Crippen MR) is 118 cm³/mol. The molecule has 2 unspecified atom stereocenters. The molecule has 2 heterocycles. The van der Waals surface area contributed by atoms with E-state index in [0.717, 1.165) is 49.4 Å². The Morgan fingerprint density at radius 1 is 1.20 bits per heavy atom. The van der Waals surface area contributed by atoms with Crippen LogP contribution in [0.15, 0.2) is 42.5 Å². The summed E-state index contributed by atoms with van der Waals surface area (Å²) in [6.45, 7) is 3.53. The number of rotatable bonds is 4. The SMILES string of the molecule is COc1cccc(C23CCN(CC4CC4)CC2Cc2c([nH]c4c(F)cccc24)C3)c1. The molecule has 1 aliphatic heterocycles. The molecule has 3 nitrogen and oxygen atoms in total. The highest BCUT2D eigenvalue weighted by molar-refractivity contribution is 5.85. The summed E-state index contributed by atoms with van der Waals surface area (Å²) in [4.78, 5) is 6.17. The summed E-state index contributed by atoms with van der Waals surface area (Å²) in [6.07, 6.45) is 5.90. The number of H-pyrrole nitrogens is 1. The molecule has 156 valence electrons. The second-order valence-electron chi connectivity index (χ2n) is 9.66. The third-order valence-corrected chi connectivity index (χ3v) is 7.91. The number of hydrogen-bond acceptors (Lipinski definition) is 2. The molecule has 2 atom stereocenters. The highest BCUT2D eigenvalue weighted by Crippen LogP contribution is 2.50. The standard InChI is InChI=1S/C26H29FN2O/c1-30-20-5-2-4-18(12-20)26-10-11-29(15-17-8-9-17)16-19(26)13-22-21-6-3-7-23(27)25(21)28-24(22)14-26/h2-7,12,17,19,28H,8-11,13-16H2,1H3. The number of nitrogens with one attached hydrogen (secondary N) is 1. The summed E-state index contributed by atoms with van der Waals surface area (Å²) in [6, 6.07) is 14.2. The van der Waals surface area contributed by atoms with E-state index in [4.69, 9.17) is 4.74 Å². The molecule has 1 saturated heterocycles. The van der Waals surface area contributed by atoms with Gasteiger partial charge in [-0.15, -0.1) is 0 Å². The third-order valence-electron chi connectivity index (χ3n) is 7.91. The van der Waals surface area contributed by atoms with Crippen LogP contribution in [0.2, 0.25) is 0 Å². The molecule has 6 rings (SSSR count). The quantitative estimate of drug-likeness (QED) is 0.657. The van der Waals surface area contributed by atoms with Crippen LogP contribution in [0.5, 0.6) is 5.75 Å². The summed E-state index contributed by atoms with van der Waals surface area (Å²) < 4.78 is 20.1. The minimum Gasteiger partial charge on any atom is -0.497 e. The van der Waals surface area contributed by atoms with Crippen molar-refractivity contribution in [3.8, 4) is 5.75 Å². The zero-order valence-electron chi connectivity index (χ0n) is 17.6. The average Bonchev–Trinajstić information content (AvgIpc) is 3.51. The number of ether oxygens (including phenoxy) is 1. The maximum absolute atomic E-state index is 14.5. The second kappa shape index (κ2) is 6.84. The molecule has 2 fully saturated rings. The van der Waals surface area contributed by atoms with E-state index >= 15 is 0 Å². The molecule has 0 radical (unpaired) electrons. The van der Waals surface area contributed by atoms with Crippen LogP contribution in [-0.4, -0.2) is 36.6 Å². The van der Waals surface area contributed by atoms with Crippen LogP contribution in [0.3, 0.4) is 0 Å². The second-order valence-corrected chi connectivity index (χ2v) is 9.66. The van der Waals surface area contributed by atoms with Gasteiger partial charge in [0.1, 0.15) is 11.6 Å². The highest BCUT2D eigenvalue weighted by Gasteiger charge is 2.48. The Bertz CT molecular complexity index is 1100. The van der Waals surface area contributed by atoms with E-state index in [1.165, 1.54) is 36.2 Å². The maximum Gasteiger partial charge on any atom is 0.147 e. The minimum absolute atomic E-state index is 0.0823. The number of hydrogen-bond donors (Lipinski definition) is 1. The van der Waals surface area contributed by atoms with E-state index in [0.29, 0.717) is 11.4 Å². The lowest BCUT2D eigenvalue weighted by molar-refractivity contribution is 0.0783. The molecule has 3 aromatic rings. The van der Waals surface area contributed by atoms with Crippen molar-refractivity contribution >= 4 is 10.9 Å². The van der Waals surface area contributed by atoms with E-state index in [1.807, 2.05) is 12.1 Å². The monoisotopic (exact) mass is 404 g/mol. The summed E-state index contributed by atoms with van der Waals surface area (Å²) in [5, 5.41) is 1.07. The number of fused-ring (bicyclic) bond motifs is 4. The molecule has 0 bridgehead atoms. The molecule has 1 N–H and O–H groups in total. The fourth-order valence-corrected chi connectivity index (χ4v) is 6.12. The number of piperidine rings is 1. The fourth-order valence-electron chi connectivity index (χ4n) is 6.12. The lowest BCUT2D eigenvalue weighted by atomic mass is 9.58. The molecular formula is C26H29FN2O. The molecule has 4 heteroatoms. The third kappa shape index (κ3) is 2.88. The Labute approximate surface area is 177 Å². The molecule has 1 aromatic heterocycles. The van der Waals surface area contributed by atoms with Crippen LogP contribution in [0.4, 0.5) is 4.39 Å². The Kier molecular flexibility index (Phi) is 4.21. The Hall–Kier alpha value is -2.33. The van der Waals surface area contributed by atoms with Crippen LogP contribution in [-0.2, 0) is 18.3 Å². The van der Waals surface area contributed by atoms with Gasteiger partial charge < -0.3 is 14.6 Å². The largest absolute Gasteiger partial charge is 0.497 e. The smallest absolute Gasteiger partial charge is 0.147 e. The Balaban J connectivity index is 1.45. The van der Waals surface area contributed by atoms with Crippen molar-refractivity contribution in [1.29, 1.82) is 0 Å². The van der Waals surface area contributed by atoms with Crippen molar-refractivity contribution in [1.82, 2.24) is 9.88 Å². The van der Waals surface area contributed by atoms with E-state index in [-0.39, 0.29) is 11.2 Å². The van der Waals surface area contributed by atoms with Gasteiger partial charge in [-0.05, 0) is 79.8 Å². The maximum atomic E-state index is 14.5. The van der Waals surface area contributed by atoms with Crippen molar-refractivity contribution in [3.63, 3.8) is 0 Å². The van der Waals surface area contributed by atoms with Crippen LogP contribution in [0, 0.1) is 17.7 Å². The number of aromatic nitrogens is 1. The Morgan fingerprint density at radius 3 is 2.90 bits per heavy atom. The molecule has 3 aliphatic rings. The molecule has 0 amide bonds. The first-order valence-corrected chi connectivity index (χ1v) is 11.3. The van der Waals surface area contributed by atoms with Gasteiger partial charge in [0.05, 0.1) is 12.6 Å². The van der Waals surface area contributed by atoms with Gasteiger partial charge in [-0.2, -0.15) is 0 Å². The number of halogens is 1. The molecule has 2 aromatic carbocycles. The summed E-state index contributed by atoms with van der Waals surface area (Å²) in [5.41, 5.74) is 4.70. The van der Waals surface area contributed by atoms with Crippen LogP contribution < -0.4 is 4.74 Å². The topological polar surface area (TPSA) is 28.3 Å². The molecule has 2 aliphatic carbocycles. The molecule has 0 spiro atoms. The van der Waals surface area contributed by atoms with E-state index < -0.39 is 0 Å². The molecule has 30 heavy (non-hydrogen) atoms. The van der Waals surface area contributed by atoms with Gasteiger partial charge in [0.25, 0.3) is 0 Å². The summed E-state index contributed by atoms with van der Waals surface area (Å²) in [5.74, 6) is 2.23. The first-order chi connectivity index (χ1) is 14.7. The van der Waals surface area contributed by atoms with Crippen molar-refractivity contribution in [3.05, 3.63) is 65.1 Å². The predicted octanol–water partition coefficient (Wildman–Crippen LogP) is 5.08. The lowest BCUT2D eigenvalue weighted by Crippen LogP contribution is -2.54. The lowest BCUT2D eigenvalue weighted by Gasteiger charge is -2.51. The van der Waals surface area contributed by atoms with Gasteiger partial charge in [0, 0.05) is 29.6 Å². The zero-order valence-corrected chi connectivity index (χ0v) is 17.6. The first kappa shape index (κ1) is 18.4. The van der Waals surface area contributed by atoms with E-state index in [2.05, 4.69) is 34.1 Å². The number of likely N-dealkylation sites (tertiary alicyclic amines) is 1.